The number of carbonyl (C=O) groups is 1. The van der Waals surface area contributed by atoms with Gasteiger partial charge in [-0.2, -0.15) is 0 Å². The molecule has 0 aliphatic heterocycles. The zero-order chi connectivity index (χ0) is 18.3. The van der Waals surface area contributed by atoms with Crippen LogP contribution in [0.2, 0.25) is 0 Å². The third-order valence-electron chi connectivity index (χ3n) is 4.86. The second-order valence-electron chi connectivity index (χ2n) is 6.78. The van der Waals surface area contributed by atoms with Crippen LogP contribution in [0.25, 0.3) is 21.7 Å². The van der Waals surface area contributed by atoms with Gasteiger partial charge in [-0.05, 0) is 42.9 Å². The van der Waals surface area contributed by atoms with E-state index in [1.165, 1.54) is 9.44 Å². The van der Waals surface area contributed by atoms with Crippen molar-refractivity contribution in [3.05, 3.63) is 45.2 Å². The van der Waals surface area contributed by atoms with Crippen molar-refractivity contribution in [3.8, 4) is 11.5 Å². The summed E-state index contributed by atoms with van der Waals surface area (Å²) in [5.41, 5.74) is 1.54. The summed E-state index contributed by atoms with van der Waals surface area (Å²) in [7, 11) is 0. The van der Waals surface area contributed by atoms with Gasteiger partial charge in [0.15, 0.2) is 5.82 Å². The summed E-state index contributed by atoms with van der Waals surface area (Å²) in [6, 6.07) is 5.43. The van der Waals surface area contributed by atoms with E-state index in [4.69, 9.17) is 10.1 Å². The lowest BCUT2D eigenvalue weighted by Gasteiger charge is -2.17. The highest BCUT2D eigenvalue weighted by atomic mass is 32.1. The smallest absolute Gasteiger partial charge is 0.305 e. The molecule has 134 valence electrons. The molecule has 26 heavy (non-hydrogen) atoms. The molecular formula is C19H19N3O3S. The van der Waals surface area contributed by atoms with Crippen LogP contribution in [0.15, 0.2) is 29.2 Å². The Balaban J connectivity index is 1.96. The summed E-state index contributed by atoms with van der Waals surface area (Å²) >= 11 is 1.59. The molecule has 0 saturated carbocycles. The summed E-state index contributed by atoms with van der Waals surface area (Å²) in [4.78, 5) is 35.4. The molecule has 0 amide bonds. The van der Waals surface area contributed by atoms with E-state index < -0.39 is 5.97 Å². The van der Waals surface area contributed by atoms with Crippen molar-refractivity contribution in [2.24, 2.45) is 5.92 Å². The fraction of sp³-hybridized carbons (Fsp3) is 0.368. The number of aryl methyl sites for hydroxylation is 1. The fourth-order valence-corrected chi connectivity index (χ4v) is 4.90. The molecule has 1 aliphatic rings. The molecule has 0 saturated heterocycles. The Hall–Kier alpha value is -2.54. The number of hydrogen-bond donors (Lipinski definition) is 1. The molecule has 0 spiro atoms. The van der Waals surface area contributed by atoms with Gasteiger partial charge in [0.25, 0.3) is 5.56 Å². The number of pyridine rings is 1. The van der Waals surface area contributed by atoms with E-state index in [9.17, 15) is 9.59 Å². The average molecular weight is 369 g/mol. The van der Waals surface area contributed by atoms with Crippen molar-refractivity contribution >= 4 is 27.5 Å². The van der Waals surface area contributed by atoms with Gasteiger partial charge in [0.05, 0.1) is 11.8 Å². The molecule has 6 nitrogen and oxygen atoms in total. The lowest BCUT2D eigenvalue weighted by atomic mass is 9.89. The topological polar surface area (TPSA) is 85.1 Å². The first-order chi connectivity index (χ1) is 12.5. The molecular weight excluding hydrogens is 350 g/mol. The van der Waals surface area contributed by atoms with Gasteiger partial charge in [0, 0.05) is 17.6 Å². The Morgan fingerprint density at radius 1 is 1.42 bits per heavy atom. The van der Waals surface area contributed by atoms with Crippen LogP contribution < -0.4 is 5.56 Å². The maximum atomic E-state index is 13.3. The number of aromatic nitrogens is 3. The van der Waals surface area contributed by atoms with Crippen molar-refractivity contribution in [1.29, 1.82) is 0 Å². The Bertz CT molecular complexity index is 1040. The van der Waals surface area contributed by atoms with Crippen LogP contribution in [0, 0.1) is 5.92 Å². The van der Waals surface area contributed by atoms with Gasteiger partial charge in [-0.3, -0.25) is 19.1 Å². The number of rotatable bonds is 4. The molecule has 1 aliphatic carbocycles. The largest absolute Gasteiger partial charge is 0.481 e. The number of hydrogen-bond acceptors (Lipinski definition) is 5. The van der Waals surface area contributed by atoms with Crippen molar-refractivity contribution in [2.75, 3.05) is 0 Å². The predicted molar refractivity (Wildman–Crippen MR) is 101 cm³/mol. The zero-order valence-electron chi connectivity index (χ0n) is 14.4. The van der Waals surface area contributed by atoms with Crippen LogP contribution in [-0.4, -0.2) is 25.6 Å². The molecule has 7 heteroatoms. The molecule has 1 atom stereocenters. The number of carboxylic acid groups (broad SMARTS) is 1. The minimum atomic E-state index is -0.940. The van der Waals surface area contributed by atoms with Crippen molar-refractivity contribution in [3.63, 3.8) is 0 Å². The number of thiophene rings is 1. The third kappa shape index (κ3) is 2.92. The Kier molecular flexibility index (Phi) is 4.32. The van der Waals surface area contributed by atoms with Crippen molar-refractivity contribution < 1.29 is 9.90 Å². The van der Waals surface area contributed by atoms with Crippen molar-refractivity contribution in [1.82, 2.24) is 14.5 Å². The molecule has 0 bridgehead atoms. The minimum Gasteiger partial charge on any atom is -0.481 e. The average Bonchev–Trinajstić information content (AvgIpc) is 2.98. The molecule has 1 N–H and O–H groups in total. The summed E-state index contributed by atoms with van der Waals surface area (Å²) in [5.74, 6) is 0.112. The lowest BCUT2D eigenvalue weighted by molar-refractivity contribution is -0.137. The standard InChI is InChI=1S/C19H19N3O3S/c1-11-5-6-12-14(10-11)26-18-16(12)19(25)22(9-7-15(23)24)17(21-18)13-4-2-3-8-20-13/h2-4,8,11H,5-7,9-10H2,1H3,(H,23,24). The molecule has 3 aromatic rings. The van der Waals surface area contributed by atoms with Crippen LogP contribution in [-0.2, 0) is 24.2 Å². The molecule has 3 heterocycles. The SMILES string of the molecule is CC1CCc2c(sc3nc(-c4ccccn4)n(CCC(=O)O)c(=O)c23)C1. The van der Waals surface area contributed by atoms with E-state index in [0.29, 0.717) is 22.8 Å². The van der Waals surface area contributed by atoms with Gasteiger partial charge in [-0.15, -0.1) is 11.3 Å². The number of fused-ring (bicyclic) bond motifs is 3. The van der Waals surface area contributed by atoms with Crippen molar-refractivity contribution in [2.45, 2.75) is 39.2 Å². The normalized spacial score (nSPS) is 16.6. The number of carboxylic acids is 1. The summed E-state index contributed by atoms with van der Waals surface area (Å²) in [6.45, 7) is 2.31. The highest BCUT2D eigenvalue weighted by molar-refractivity contribution is 7.18. The molecule has 3 aromatic heterocycles. The van der Waals surface area contributed by atoms with E-state index in [1.54, 1.807) is 29.7 Å². The second kappa shape index (κ2) is 6.64. The van der Waals surface area contributed by atoms with Gasteiger partial charge in [-0.1, -0.05) is 13.0 Å². The minimum absolute atomic E-state index is 0.0873. The molecule has 0 aromatic carbocycles. The van der Waals surface area contributed by atoms with E-state index in [0.717, 1.165) is 29.7 Å². The Labute approximate surface area is 154 Å². The summed E-state index contributed by atoms with van der Waals surface area (Å²) in [6.07, 6.45) is 4.44. The summed E-state index contributed by atoms with van der Waals surface area (Å²) in [5, 5.41) is 9.74. The van der Waals surface area contributed by atoms with Gasteiger partial charge in [0.2, 0.25) is 0 Å². The summed E-state index contributed by atoms with van der Waals surface area (Å²) < 4.78 is 1.48. The van der Waals surface area contributed by atoms with Gasteiger partial charge in [-0.25, -0.2) is 4.98 Å². The van der Waals surface area contributed by atoms with Crippen LogP contribution in [0.4, 0.5) is 0 Å². The first kappa shape index (κ1) is 16.9. The van der Waals surface area contributed by atoms with Gasteiger partial charge >= 0.3 is 5.97 Å². The highest BCUT2D eigenvalue weighted by Gasteiger charge is 2.25. The monoisotopic (exact) mass is 369 g/mol. The van der Waals surface area contributed by atoms with Gasteiger partial charge in [0.1, 0.15) is 10.5 Å². The maximum Gasteiger partial charge on any atom is 0.305 e. The molecule has 0 fully saturated rings. The van der Waals surface area contributed by atoms with Crippen LogP contribution in [0.1, 0.15) is 30.2 Å². The van der Waals surface area contributed by atoms with E-state index >= 15 is 0 Å². The van der Waals surface area contributed by atoms with E-state index in [-0.39, 0.29) is 18.5 Å². The van der Waals surface area contributed by atoms with E-state index in [2.05, 4.69) is 11.9 Å². The molecule has 1 unspecified atom stereocenters. The zero-order valence-corrected chi connectivity index (χ0v) is 15.3. The van der Waals surface area contributed by atoms with Crippen LogP contribution in [0.3, 0.4) is 0 Å². The van der Waals surface area contributed by atoms with Gasteiger partial charge < -0.3 is 5.11 Å². The number of nitrogens with zero attached hydrogens (tertiary/aromatic N) is 3. The predicted octanol–water partition coefficient (Wildman–Crippen LogP) is 3.12. The molecule has 4 rings (SSSR count). The first-order valence-electron chi connectivity index (χ1n) is 8.73. The van der Waals surface area contributed by atoms with Crippen LogP contribution in [0.5, 0.6) is 0 Å². The third-order valence-corrected chi connectivity index (χ3v) is 6.01. The Morgan fingerprint density at radius 2 is 2.27 bits per heavy atom. The molecule has 0 radical (unpaired) electrons. The quantitative estimate of drug-likeness (QED) is 0.764. The fourth-order valence-electron chi connectivity index (χ4n) is 3.53. The van der Waals surface area contributed by atoms with E-state index in [1.807, 2.05) is 6.07 Å². The lowest BCUT2D eigenvalue weighted by Crippen LogP contribution is -2.25. The highest BCUT2D eigenvalue weighted by Crippen LogP contribution is 2.36. The first-order valence-corrected chi connectivity index (χ1v) is 9.54. The number of aliphatic carboxylic acids is 1. The second-order valence-corrected chi connectivity index (χ2v) is 7.87. The Morgan fingerprint density at radius 3 is 3.00 bits per heavy atom. The van der Waals surface area contributed by atoms with Crippen LogP contribution >= 0.6 is 11.3 Å². The maximum absolute atomic E-state index is 13.3.